The molecule has 3 rings (SSSR count). The maximum absolute atomic E-state index is 12.2. The third-order valence-corrected chi connectivity index (χ3v) is 4.65. The lowest BCUT2D eigenvalue weighted by Crippen LogP contribution is -2.25. The third kappa shape index (κ3) is 3.71. The molecule has 1 saturated carbocycles. The van der Waals surface area contributed by atoms with Crippen LogP contribution in [-0.4, -0.2) is 35.1 Å². The van der Waals surface area contributed by atoms with Crippen LogP contribution in [0, 0.1) is 11.3 Å². The Labute approximate surface area is 132 Å². The lowest BCUT2D eigenvalue weighted by Gasteiger charge is -2.07. The molecule has 1 aliphatic rings. The molecular formula is C13H13N7O2S. The summed E-state index contributed by atoms with van der Waals surface area (Å²) in [4.78, 5) is 0.167. The summed E-state index contributed by atoms with van der Waals surface area (Å²) in [5, 5.41) is 25.0. The number of rotatable bonds is 6. The molecule has 1 heterocycles. The highest BCUT2D eigenvalue weighted by atomic mass is 32.2. The summed E-state index contributed by atoms with van der Waals surface area (Å²) in [6, 6.07) is 8.30. The van der Waals surface area contributed by atoms with Crippen molar-refractivity contribution >= 4 is 21.3 Å². The standard InChI is InChI=1S/C13H13N7O2S/c14-7-9(13-16-19-20-17-13)8-15-11-2-1-3-12(6-11)23(21,22)18-10-4-5-10/h1-3,6,8,10,15,18H,4-5H2,(H,16,17,19,20). The molecule has 0 unspecified atom stereocenters. The van der Waals surface area contributed by atoms with E-state index in [1.54, 1.807) is 12.1 Å². The van der Waals surface area contributed by atoms with Gasteiger partial charge < -0.3 is 5.32 Å². The summed E-state index contributed by atoms with van der Waals surface area (Å²) in [6.45, 7) is 0. The van der Waals surface area contributed by atoms with Crippen LogP contribution in [0.1, 0.15) is 18.7 Å². The zero-order valence-corrected chi connectivity index (χ0v) is 12.7. The number of aromatic nitrogens is 4. The van der Waals surface area contributed by atoms with Crippen LogP contribution in [0.25, 0.3) is 5.57 Å². The maximum Gasteiger partial charge on any atom is 0.240 e. The number of benzene rings is 1. The van der Waals surface area contributed by atoms with Crippen LogP contribution in [0.15, 0.2) is 35.4 Å². The van der Waals surface area contributed by atoms with E-state index < -0.39 is 10.0 Å². The monoisotopic (exact) mass is 331 g/mol. The molecule has 0 radical (unpaired) electrons. The van der Waals surface area contributed by atoms with Gasteiger partial charge in [-0.3, -0.25) is 0 Å². The first kappa shape index (κ1) is 15.1. The Balaban J connectivity index is 1.79. The molecule has 0 aliphatic heterocycles. The number of aromatic amines is 1. The maximum atomic E-state index is 12.2. The SMILES string of the molecule is N#CC(=CNc1cccc(S(=O)(=O)NC2CC2)c1)c1nn[nH]n1. The van der Waals surface area contributed by atoms with Crippen molar-refractivity contribution in [1.29, 1.82) is 5.26 Å². The lowest BCUT2D eigenvalue weighted by atomic mass is 10.3. The fraction of sp³-hybridized carbons (Fsp3) is 0.231. The predicted octanol–water partition coefficient (Wildman–Crippen LogP) is 0.617. The van der Waals surface area contributed by atoms with Gasteiger partial charge in [-0.1, -0.05) is 6.07 Å². The molecule has 9 nitrogen and oxygen atoms in total. The smallest absolute Gasteiger partial charge is 0.240 e. The van der Waals surface area contributed by atoms with Gasteiger partial charge in [-0.15, -0.1) is 10.2 Å². The molecule has 0 amide bonds. The lowest BCUT2D eigenvalue weighted by molar-refractivity contribution is 0.581. The van der Waals surface area contributed by atoms with E-state index in [4.69, 9.17) is 5.26 Å². The molecule has 1 aromatic heterocycles. The third-order valence-electron chi connectivity index (χ3n) is 3.13. The molecule has 0 spiro atoms. The number of H-pyrrole nitrogens is 1. The first-order valence-corrected chi connectivity index (χ1v) is 8.30. The molecular weight excluding hydrogens is 318 g/mol. The largest absolute Gasteiger partial charge is 0.360 e. The van der Waals surface area contributed by atoms with Gasteiger partial charge in [-0.05, 0) is 36.3 Å². The summed E-state index contributed by atoms with van der Waals surface area (Å²) in [6.07, 6.45) is 3.14. The van der Waals surface area contributed by atoms with Crippen LogP contribution in [0.2, 0.25) is 0 Å². The van der Waals surface area contributed by atoms with Crippen molar-refractivity contribution in [2.45, 2.75) is 23.8 Å². The fourth-order valence-electron chi connectivity index (χ4n) is 1.82. The minimum atomic E-state index is -3.52. The molecule has 1 aliphatic carbocycles. The second kappa shape index (κ2) is 6.15. The molecule has 3 N–H and O–H groups in total. The van der Waals surface area contributed by atoms with E-state index in [1.165, 1.54) is 18.3 Å². The van der Waals surface area contributed by atoms with Gasteiger partial charge in [-0.2, -0.15) is 10.5 Å². The summed E-state index contributed by atoms with van der Waals surface area (Å²) >= 11 is 0. The van der Waals surface area contributed by atoms with Crippen LogP contribution < -0.4 is 10.0 Å². The van der Waals surface area contributed by atoms with Gasteiger partial charge in [0.05, 0.1) is 4.90 Å². The Bertz CT molecular complexity index is 864. The van der Waals surface area contributed by atoms with Crippen molar-refractivity contribution in [3.63, 3.8) is 0 Å². The predicted molar refractivity (Wildman–Crippen MR) is 81.2 cm³/mol. The Morgan fingerprint density at radius 3 is 2.91 bits per heavy atom. The number of hydrogen-bond donors (Lipinski definition) is 3. The molecule has 0 atom stereocenters. The van der Waals surface area contributed by atoms with Gasteiger partial charge in [0.2, 0.25) is 15.8 Å². The number of nitriles is 1. The van der Waals surface area contributed by atoms with Gasteiger partial charge in [0.15, 0.2) is 0 Å². The van der Waals surface area contributed by atoms with E-state index in [9.17, 15) is 8.42 Å². The first-order chi connectivity index (χ1) is 11.1. The summed E-state index contributed by atoms with van der Waals surface area (Å²) in [7, 11) is -3.52. The number of nitrogens with one attached hydrogen (secondary N) is 3. The summed E-state index contributed by atoms with van der Waals surface area (Å²) in [5.74, 6) is 0.152. The normalized spacial score (nSPS) is 15.2. The zero-order chi connectivity index (χ0) is 16.3. The van der Waals surface area contributed by atoms with Crippen molar-refractivity contribution in [2.24, 2.45) is 0 Å². The van der Waals surface area contributed by atoms with Gasteiger partial charge in [0, 0.05) is 17.9 Å². The van der Waals surface area contributed by atoms with Crippen molar-refractivity contribution in [3.8, 4) is 6.07 Å². The molecule has 0 bridgehead atoms. The summed E-state index contributed by atoms with van der Waals surface area (Å²) in [5.41, 5.74) is 0.697. The van der Waals surface area contributed by atoms with Gasteiger partial charge in [-0.25, -0.2) is 13.1 Å². The highest BCUT2D eigenvalue weighted by Crippen LogP contribution is 2.23. The second-order valence-electron chi connectivity index (χ2n) is 4.97. The van der Waals surface area contributed by atoms with E-state index in [2.05, 4.69) is 30.7 Å². The minimum Gasteiger partial charge on any atom is -0.360 e. The van der Waals surface area contributed by atoms with Crippen molar-refractivity contribution in [1.82, 2.24) is 25.3 Å². The average molecular weight is 331 g/mol. The number of sulfonamides is 1. The highest BCUT2D eigenvalue weighted by molar-refractivity contribution is 7.89. The van der Waals surface area contributed by atoms with Crippen molar-refractivity contribution in [2.75, 3.05) is 5.32 Å². The van der Waals surface area contributed by atoms with Gasteiger partial charge in [0.25, 0.3) is 0 Å². The van der Waals surface area contributed by atoms with E-state index in [-0.39, 0.29) is 22.3 Å². The molecule has 2 aromatic rings. The second-order valence-corrected chi connectivity index (χ2v) is 6.69. The van der Waals surface area contributed by atoms with E-state index >= 15 is 0 Å². The van der Waals surface area contributed by atoms with Crippen molar-refractivity contribution < 1.29 is 8.42 Å². The Hall–Kier alpha value is -2.77. The molecule has 0 saturated heterocycles. The molecule has 23 heavy (non-hydrogen) atoms. The number of anilines is 1. The number of tetrazole rings is 1. The van der Waals surface area contributed by atoms with Crippen LogP contribution >= 0.6 is 0 Å². The summed E-state index contributed by atoms with van der Waals surface area (Å²) < 4.78 is 27.0. The Kier molecular flexibility index (Phi) is 4.05. The Morgan fingerprint density at radius 2 is 2.26 bits per heavy atom. The zero-order valence-electron chi connectivity index (χ0n) is 11.9. The topological polar surface area (TPSA) is 136 Å². The van der Waals surface area contributed by atoms with E-state index in [0.717, 1.165) is 12.8 Å². The van der Waals surface area contributed by atoms with Crippen LogP contribution in [-0.2, 0) is 10.0 Å². The van der Waals surface area contributed by atoms with E-state index in [1.807, 2.05) is 6.07 Å². The Morgan fingerprint density at radius 1 is 1.43 bits per heavy atom. The van der Waals surface area contributed by atoms with Crippen LogP contribution in [0.5, 0.6) is 0 Å². The molecule has 1 aromatic carbocycles. The number of hydrogen-bond acceptors (Lipinski definition) is 7. The fourth-order valence-corrected chi connectivity index (χ4v) is 3.17. The first-order valence-electron chi connectivity index (χ1n) is 6.81. The quantitative estimate of drug-likeness (QED) is 0.660. The minimum absolute atomic E-state index is 0.0416. The van der Waals surface area contributed by atoms with Gasteiger partial charge >= 0.3 is 0 Å². The molecule has 10 heteroatoms. The van der Waals surface area contributed by atoms with Gasteiger partial charge in [0.1, 0.15) is 11.6 Å². The van der Waals surface area contributed by atoms with Crippen LogP contribution in [0.3, 0.4) is 0 Å². The molecule has 1 fully saturated rings. The average Bonchev–Trinajstić information content (AvgIpc) is 3.17. The number of nitrogens with zero attached hydrogens (tertiary/aromatic N) is 4. The van der Waals surface area contributed by atoms with E-state index in [0.29, 0.717) is 5.69 Å². The molecule has 118 valence electrons. The highest BCUT2D eigenvalue weighted by Gasteiger charge is 2.27. The van der Waals surface area contributed by atoms with Crippen LogP contribution in [0.4, 0.5) is 5.69 Å². The van der Waals surface area contributed by atoms with Crippen molar-refractivity contribution in [3.05, 3.63) is 36.3 Å². The number of allylic oxidation sites excluding steroid dienone is 1.